The van der Waals surface area contributed by atoms with Gasteiger partial charge in [0, 0.05) is 22.0 Å². The lowest BCUT2D eigenvalue weighted by Crippen LogP contribution is -2.14. The van der Waals surface area contributed by atoms with Gasteiger partial charge in [0.05, 0.1) is 5.56 Å². The van der Waals surface area contributed by atoms with Gasteiger partial charge in [0.15, 0.2) is 0 Å². The molecule has 1 amide bonds. The number of pyridine rings is 1. The monoisotopic (exact) mass is 409 g/mol. The summed E-state index contributed by atoms with van der Waals surface area (Å²) in [6.07, 6.45) is 1.66. The normalized spacial score (nSPS) is 10.6. The third-order valence-electron chi connectivity index (χ3n) is 3.97. The van der Waals surface area contributed by atoms with Crippen molar-refractivity contribution < 1.29 is 4.79 Å². The van der Waals surface area contributed by atoms with Gasteiger partial charge in [-0.3, -0.25) is 4.79 Å². The quantitative estimate of drug-likeness (QED) is 0.546. The first-order valence-corrected chi connectivity index (χ1v) is 9.21. The Kier molecular flexibility index (Phi) is 5.68. The lowest BCUT2D eigenvalue weighted by Gasteiger charge is -2.12. The number of nitrogens with zero attached hydrogens (tertiary/aromatic N) is 1. The molecule has 0 radical (unpaired) electrons. The highest BCUT2D eigenvalue weighted by Gasteiger charge is 2.13. The summed E-state index contributed by atoms with van der Waals surface area (Å²) in [5.74, 6) is 0.772. The van der Waals surface area contributed by atoms with Gasteiger partial charge in [0.2, 0.25) is 0 Å². The molecule has 5 heteroatoms. The van der Waals surface area contributed by atoms with Crippen LogP contribution in [0.5, 0.6) is 0 Å². The molecule has 0 saturated carbocycles. The molecule has 3 aromatic rings. The maximum atomic E-state index is 12.7. The molecular formula is C21H20BrN3O. The van der Waals surface area contributed by atoms with E-state index in [2.05, 4.69) is 45.4 Å². The average molecular weight is 410 g/mol. The van der Waals surface area contributed by atoms with Crippen LogP contribution in [0, 0.1) is 0 Å². The summed E-state index contributed by atoms with van der Waals surface area (Å²) in [6.45, 7) is 4.28. The molecule has 0 aliphatic heterocycles. The van der Waals surface area contributed by atoms with E-state index in [4.69, 9.17) is 0 Å². The number of benzene rings is 2. The van der Waals surface area contributed by atoms with Gasteiger partial charge in [-0.15, -0.1) is 0 Å². The van der Waals surface area contributed by atoms with Crippen molar-refractivity contribution in [3.63, 3.8) is 0 Å². The second kappa shape index (κ2) is 8.15. The van der Waals surface area contributed by atoms with E-state index in [0.29, 0.717) is 17.3 Å². The van der Waals surface area contributed by atoms with Crippen molar-refractivity contribution in [3.05, 3.63) is 82.5 Å². The summed E-state index contributed by atoms with van der Waals surface area (Å²) in [5, 5.41) is 6.14. The summed E-state index contributed by atoms with van der Waals surface area (Å²) < 4.78 is 0.953. The molecule has 132 valence electrons. The van der Waals surface area contributed by atoms with E-state index < -0.39 is 0 Å². The zero-order valence-electron chi connectivity index (χ0n) is 14.7. The molecule has 0 saturated heterocycles. The maximum absolute atomic E-state index is 12.7. The molecule has 26 heavy (non-hydrogen) atoms. The van der Waals surface area contributed by atoms with E-state index in [1.807, 2.05) is 48.5 Å². The zero-order valence-corrected chi connectivity index (χ0v) is 16.2. The van der Waals surface area contributed by atoms with Crippen molar-refractivity contribution in [1.29, 1.82) is 0 Å². The topological polar surface area (TPSA) is 54.0 Å². The van der Waals surface area contributed by atoms with Crippen LogP contribution in [0.2, 0.25) is 0 Å². The van der Waals surface area contributed by atoms with Crippen molar-refractivity contribution >= 4 is 39.0 Å². The van der Waals surface area contributed by atoms with Crippen LogP contribution in [-0.4, -0.2) is 10.9 Å². The van der Waals surface area contributed by atoms with Crippen LogP contribution in [0.25, 0.3) is 0 Å². The number of amides is 1. The minimum absolute atomic E-state index is 0.201. The number of carbonyl (C=O) groups excluding carboxylic acids is 1. The van der Waals surface area contributed by atoms with E-state index in [9.17, 15) is 4.79 Å². The highest BCUT2D eigenvalue weighted by molar-refractivity contribution is 9.10. The Morgan fingerprint density at radius 3 is 2.46 bits per heavy atom. The Morgan fingerprint density at radius 1 is 1.00 bits per heavy atom. The fraction of sp³-hybridized carbons (Fsp3) is 0.143. The minimum Gasteiger partial charge on any atom is -0.340 e. The Bertz CT molecular complexity index is 907. The summed E-state index contributed by atoms with van der Waals surface area (Å²) >= 11 is 3.44. The Balaban J connectivity index is 1.79. The summed E-state index contributed by atoms with van der Waals surface area (Å²) in [7, 11) is 0. The SMILES string of the molecule is CC(C)c1ccc(NC(=O)c2cccnc2Nc2cccc(Br)c2)cc1. The van der Waals surface area contributed by atoms with Crippen LogP contribution in [0.1, 0.15) is 35.7 Å². The van der Waals surface area contributed by atoms with Gasteiger partial charge >= 0.3 is 0 Å². The highest BCUT2D eigenvalue weighted by atomic mass is 79.9. The number of aromatic nitrogens is 1. The summed E-state index contributed by atoms with van der Waals surface area (Å²) in [5.41, 5.74) is 3.34. The standard InChI is InChI=1S/C21H20BrN3O/c1-14(2)15-8-10-17(11-9-15)25-21(26)19-7-4-12-23-20(19)24-18-6-3-5-16(22)13-18/h3-14H,1-2H3,(H,23,24)(H,25,26). The van der Waals surface area contributed by atoms with Gasteiger partial charge in [0.1, 0.15) is 5.82 Å². The van der Waals surface area contributed by atoms with Crippen LogP contribution in [0.3, 0.4) is 0 Å². The number of carbonyl (C=O) groups is 1. The molecule has 0 aliphatic rings. The predicted molar refractivity (Wildman–Crippen MR) is 110 cm³/mol. The molecule has 1 aromatic heterocycles. The first-order chi connectivity index (χ1) is 12.5. The van der Waals surface area contributed by atoms with Gasteiger partial charge in [0.25, 0.3) is 5.91 Å². The fourth-order valence-electron chi connectivity index (χ4n) is 2.54. The molecule has 0 fully saturated rings. The second-order valence-electron chi connectivity index (χ2n) is 6.27. The number of halogens is 1. The largest absolute Gasteiger partial charge is 0.340 e. The highest BCUT2D eigenvalue weighted by Crippen LogP contribution is 2.23. The van der Waals surface area contributed by atoms with Gasteiger partial charge in [-0.1, -0.05) is 48.0 Å². The van der Waals surface area contributed by atoms with Crippen LogP contribution < -0.4 is 10.6 Å². The Labute approximate surface area is 161 Å². The molecule has 2 aromatic carbocycles. The van der Waals surface area contributed by atoms with Crippen molar-refractivity contribution in [1.82, 2.24) is 4.98 Å². The first-order valence-electron chi connectivity index (χ1n) is 8.42. The van der Waals surface area contributed by atoms with Crippen molar-refractivity contribution in [3.8, 4) is 0 Å². The number of anilines is 3. The van der Waals surface area contributed by atoms with E-state index in [0.717, 1.165) is 15.8 Å². The van der Waals surface area contributed by atoms with E-state index in [1.165, 1.54) is 5.56 Å². The lowest BCUT2D eigenvalue weighted by atomic mass is 10.0. The Hall–Kier alpha value is -2.66. The third kappa shape index (κ3) is 4.49. The van der Waals surface area contributed by atoms with Gasteiger partial charge in [-0.2, -0.15) is 0 Å². The van der Waals surface area contributed by atoms with Crippen LogP contribution in [-0.2, 0) is 0 Å². The van der Waals surface area contributed by atoms with E-state index >= 15 is 0 Å². The fourth-order valence-corrected chi connectivity index (χ4v) is 2.94. The molecule has 0 atom stereocenters. The number of rotatable bonds is 5. The number of hydrogen-bond donors (Lipinski definition) is 2. The van der Waals surface area contributed by atoms with Crippen LogP contribution in [0.15, 0.2) is 71.3 Å². The molecule has 4 nitrogen and oxygen atoms in total. The van der Waals surface area contributed by atoms with Crippen LogP contribution in [0.4, 0.5) is 17.2 Å². The summed E-state index contributed by atoms with van der Waals surface area (Å²) in [4.78, 5) is 17.0. The molecule has 0 unspecified atom stereocenters. The van der Waals surface area contributed by atoms with E-state index in [-0.39, 0.29) is 5.91 Å². The Morgan fingerprint density at radius 2 is 1.77 bits per heavy atom. The number of hydrogen-bond acceptors (Lipinski definition) is 3. The minimum atomic E-state index is -0.201. The maximum Gasteiger partial charge on any atom is 0.259 e. The molecule has 0 spiro atoms. The molecule has 2 N–H and O–H groups in total. The zero-order chi connectivity index (χ0) is 18.5. The van der Waals surface area contributed by atoms with Gasteiger partial charge < -0.3 is 10.6 Å². The molecule has 0 aliphatic carbocycles. The van der Waals surface area contributed by atoms with Crippen molar-refractivity contribution in [2.24, 2.45) is 0 Å². The van der Waals surface area contributed by atoms with Gasteiger partial charge in [-0.05, 0) is 53.9 Å². The molecule has 0 bridgehead atoms. The summed E-state index contributed by atoms with van der Waals surface area (Å²) in [6, 6.07) is 19.1. The smallest absolute Gasteiger partial charge is 0.259 e. The average Bonchev–Trinajstić information content (AvgIpc) is 2.62. The lowest BCUT2D eigenvalue weighted by molar-refractivity contribution is 0.102. The predicted octanol–water partition coefficient (Wildman–Crippen LogP) is 5.96. The third-order valence-corrected chi connectivity index (χ3v) is 4.47. The van der Waals surface area contributed by atoms with Crippen molar-refractivity contribution in [2.75, 3.05) is 10.6 Å². The molecular weight excluding hydrogens is 390 g/mol. The van der Waals surface area contributed by atoms with Crippen molar-refractivity contribution in [2.45, 2.75) is 19.8 Å². The molecule has 3 rings (SSSR count). The number of nitrogens with one attached hydrogen (secondary N) is 2. The molecule has 1 heterocycles. The van der Waals surface area contributed by atoms with Gasteiger partial charge in [-0.25, -0.2) is 4.98 Å². The first kappa shape index (κ1) is 18.1. The van der Waals surface area contributed by atoms with E-state index in [1.54, 1.807) is 18.3 Å². The second-order valence-corrected chi connectivity index (χ2v) is 7.18. The van der Waals surface area contributed by atoms with Crippen LogP contribution >= 0.6 is 15.9 Å².